The largest absolute Gasteiger partial charge is 0.573 e. The Morgan fingerprint density at radius 3 is 1.51 bits per heavy atom. The van der Waals surface area contributed by atoms with E-state index in [0.717, 1.165) is 79.5 Å². The normalized spacial score (nSPS) is 10.6. The lowest BCUT2D eigenvalue weighted by Crippen LogP contribution is -2.35. The zero-order valence-corrected chi connectivity index (χ0v) is 32.3. The molecule has 3 aromatic carbocycles. The van der Waals surface area contributed by atoms with E-state index < -0.39 is 76.7 Å². The van der Waals surface area contributed by atoms with Gasteiger partial charge in [-0.2, -0.15) is 9.90 Å². The number of alkyl halides is 9. The van der Waals surface area contributed by atoms with Gasteiger partial charge in [0.1, 0.15) is 5.56 Å². The van der Waals surface area contributed by atoms with Crippen LogP contribution in [0.3, 0.4) is 0 Å². The van der Waals surface area contributed by atoms with Crippen molar-refractivity contribution in [3.8, 4) is 11.5 Å². The molecule has 61 heavy (non-hydrogen) atoms. The van der Waals surface area contributed by atoms with Crippen molar-refractivity contribution in [1.29, 1.82) is 0 Å². The lowest BCUT2D eigenvalue weighted by atomic mass is 10.1. The van der Waals surface area contributed by atoms with Crippen LogP contribution in [0.15, 0.2) is 60.7 Å². The van der Waals surface area contributed by atoms with Crippen molar-refractivity contribution < 1.29 is 102 Å². The fourth-order valence-electron chi connectivity index (χ4n) is 3.88. The van der Waals surface area contributed by atoms with Gasteiger partial charge in [-0.1, -0.05) is 12.1 Å². The molecule has 0 saturated heterocycles. The Morgan fingerprint density at radius 1 is 0.623 bits per heavy atom. The Morgan fingerprint density at radius 2 is 1.08 bits per heavy atom. The van der Waals surface area contributed by atoms with Crippen LogP contribution in [0.1, 0.15) is 51.8 Å². The van der Waals surface area contributed by atoms with E-state index in [0.29, 0.717) is 0 Å². The number of nitrogens with zero attached hydrogens (tertiary/aromatic N) is 2. The Bertz CT molecular complexity index is 2010. The molecule has 0 atom stereocenters. The Kier molecular flexibility index (Phi) is 21.2. The van der Waals surface area contributed by atoms with Crippen molar-refractivity contribution in [2.24, 2.45) is 0 Å². The predicted molar refractivity (Wildman–Crippen MR) is 189 cm³/mol. The van der Waals surface area contributed by atoms with E-state index in [4.69, 9.17) is 10.1 Å². The molecule has 0 spiro atoms. The van der Waals surface area contributed by atoms with Crippen LogP contribution in [0.4, 0.5) is 56.6 Å². The van der Waals surface area contributed by atoms with Gasteiger partial charge in [-0.15, -0.1) is 39.5 Å². The number of hydroxylamine groups is 1. The molecule has 3 rings (SSSR count). The topological polar surface area (TPSA) is 228 Å². The monoisotopic (exact) mass is 892 g/mol. The molecule has 0 aliphatic carbocycles. The first-order chi connectivity index (χ1) is 27.9. The first kappa shape index (κ1) is 53.8. The lowest BCUT2D eigenvalue weighted by Gasteiger charge is -2.21. The zero-order valence-electron chi connectivity index (χ0n) is 32.3. The summed E-state index contributed by atoms with van der Waals surface area (Å²) in [6, 6.07) is 11.5. The third-order valence-corrected chi connectivity index (χ3v) is 5.87. The molecule has 27 heteroatoms. The number of ether oxygens (including phenoxy) is 5. The van der Waals surface area contributed by atoms with Crippen molar-refractivity contribution >= 4 is 52.7 Å². The number of anilines is 3. The van der Waals surface area contributed by atoms with Crippen LogP contribution >= 0.6 is 0 Å². The second-order valence-electron chi connectivity index (χ2n) is 10.7. The number of esters is 3. The van der Waals surface area contributed by atoms with Gasteiger partial charge in [-0.25, -0.2) is 14.4 Å². The molecule has 0 aromatic heterocycles. The number of halogens is 9. The number of carbonyl (C=O) groups excluding carboxylic acids is 6. The number of carbonyl (C=O) groups is 6. The molecule has 2 N–H and O–H groups in total. The maximum Gasteiger partial charge on any atom is 0.573 e. The second kappa shape index (κ2) is 24.0. The van der Waals surface area contributed by atoms with E-state index in [2.05, 4.69) is 39.2 Å². The molecule has 336 valence electrons. The highest BCUT2D eigenvalue weighted by molar-refractivity contribution is 5.98. The van der Waals surface area contributed by atoms with Crippen molar-refractivity contribution in [1.82, 2.24) is 0 Å². The van der Waals surface area contributed by atoms with E-state index in [-0.39, 0.29) is 33.3 Å². The standard InChI is InChI=1S/3C11H10F3NO4.CH3NO2/c1-6(16)15-8-5-7(10(17)18-2)3-4-9(8)19-11(12,13)14;1-7(16)15(19-11(12,13)14)9-5-3-4-8(6-9)10(17)18-2;1-6(16)15-8-5-3-4-7(10(17)18-2)9(8)19-11(12,13)14;1-2(3)4/h3-5H,1-2H3,(H,15,16);3-6H,1-2H3;3-5H,1-2H3,(H,15,16);1H3. The molecule has 18 nitrogen and oxygen atoms in total. The van der Waals surface area contributed by atoms with E-state index in [1.54, 1.807) is 0 Å². The minimum Gasteiger partial charge on any atom is -0.465 e. The number of benzene rings is 3. The summed E-state index contributed by atoms with van der Waals surface area (Å²) < 4.78 is 131. The molecule has 3 aromatic rings. The Balaban J connectivity index is 0.000000846. The third-order valence-electron chi connectivity index (χ3n) is 5.87. The van der Waals surface area contributed by atoms with Crippen molar-refractivity contribution in [3.63, 3.8) is 0 Å². The van der Waals surface area contributed by atoms with Crippen LogP contribution in [0.25, 0.3) is 0 Å². The molecule has 0 heterocycles. The maximum atomic E-state index is 12.3. The number of nitro groups is 1. The molecular formula is C34H33F9N4O14. The highest BCUT2D eigenvalue weighted by atomic mass is 19.4. The van der Waals surface area contributed by atoms with Gasteiger partial charge >= 0.3 is 37.0 Å². The summed E-state index contributed by atoms with van der Waals surface area (Å²) in [5, 5.41) is 13.1. The van der Waals surface area contributed by atoms with Gasteiger partial charge in [-0.05, 0) is 48.5 Å². The number of hydrogen-bond acceptors (Lipinski definition) is 14. The molecule has 0 aliphatic rings. The van der Waals surface area contributed by atoms with Gasteiger partial charge in [-0.3, -0.25) is 24.5 Å². The van der Waals surface area contributed by atoms with Crippen LogP contribution in [0, 0.1) is 10.1 Å². The SMILES string of the molecule is COC(=O)c1ccc(OC(F)(F)F)c(NC(C)=O)c1.COC(=O)c1cccc(N(OC(F)(F)F)C(C)=O)c1.COC(=O)c1cccc(NC(C)=O)c1OC(F)(F)F.C[N+](=O)[O-]. The summed E-state index contributed by atoms with van der Waals surface area (Å²) in [7, 11) is 4.16. The van der Waals surface area contributed by atoms with Crippen molar-refractivity contribution in [3.05, 3.63) is 87.5 Å². The predicted octanol–water partition coefficient (Wildman–Crippen LogP) is 6.83. The van der Waals surface area contributed by atoms with E-state index >= 15 is 0 Å². The number of amides is 3. The minimum absolute atomic E-state index is 0.00276. The molecule has 0 radical (unpaired) electrons. The Labute approximate surface area is 337 Å². The summed E-state index contributed by atoms with van der Waals surface area (Å²) in [4.78, 5) is 78.8. The first-order valence-corrected chi connectivity index (χ1v) is 15.8. The van der Waals surface area contributed by atoms with Crippen LogP contribution in [-0.4, -0.2) is 88.0 Å². The smallest absolute Gasteiger partial charge is 0.465 e. The molecule has 0 fully saturated rings. The highest BCUT2D eigenvalue weighted by Gasteiger charge is 2.36. The molecular weight excluding hydrogens is 859 g/mol. The van der Waals surface area contributed by atoms with Gasteiger partial charge in [0.25, 0.3) is 0 Å². The highest BCUT2D eigenvalue weighted by Crippen LogP contribution is 2.35. The summed E-state index contributed by atoms with van der Waals surface area (Å²) in [5.74, 6) is -6.11. The molecule has 0 bridgehead atoms. The van der Waals surface area contributed by atoms with Gasteiger partial charge in [0.15, 0.2) is 18.5 Å². The zero-order chi connectivity index (χ0) is 47.5. The van der Waals surface area contributed by atoms with Crippen molar-refractivity contribution in [2.75, 3.05) is 44.1 Å². The van der Waals surface area contributed by atoms with Crippen LogP contribution in [0.5, 0.6) is 11.5 Å². The van der Waals surface area contributed by atoms with Gasteiger partial charge < -0.3 is 34.3 Å². The average Bonchev–Trinajstić information content (AvgIpc) is 3.12. The second-order valence-corrected chi connectivity index (χ2v) is 10.7. The summed E-state index contributed by atoms with van der Waals surface area (Å²) >= 11 is 0. The fraction of sp³-hybridized carbons (Fsp3) is 0.294. The van der Waals surface area contributed by atoms with E-state index in [9.17, 15) is 68.3 Å². The summed E-state index contributed by atoms with van der Waals surface area (Å²) in [6.07, 6.45) is -14.9. The first-order valence-electron chi connectivity index (χ1n) is 15.8. The summed E-state index contributed by atoms with van der Waals surface area (Å²) in [5.41, 5.74) is -1.22. The number of rotatable bonds is 9. The van der Waals surface area contributed by atoms with Crippen LogP contribution in [-0.2, 0) is 33.4 Å². The van der Waals surface area contributed by atoms with Gasteiger partial charge in [0.05, 0.1) is 49.5 Å². The average molecular weight is 893 g/mol. The van der Waals surface area contributed by atoms with Crippen molar-refractivity contribution in [2.45, 2.75) is 39.9 Å². The molecule has 3 amide bonds. The molecule has 0 aliphatic heterocycles. The van der Waals surface area contributed by atoms with Gasteiger partial charge in [0.2, 0.25) is 17.7 Å². The molecule has 0 unspecified atom stereocenters. The minimum atomic E-state index is -5.02. The number of hydrogen-bond donors (Lipinski definition) is 2. The number of nitrogens with one attached hydrogen (secondary N) is 2. The Hall–Kier alpha value is -7.19. The van der Waals surface area contributed by atoms with Crippen LogP contribution in [0.2, 0.25) is 0 Å². The molecule has 0 saturated carbocycles. The van der Waals surface area contributed by atoms with E-state index in [1.165, 1.54) is 30.3 Å². The number of methoxy groups -OCH3 is 3. The maximum absolute atomic E-state index is 12.3. The lowest BCUT2D eigenvalue weighted by molar-refractivity contribution is -0.445. The quantitative estimate of drug-likeness (QED) is 0.0738. The third kappa shape index (κ3) is 22.0. The fourth-order valence-corrected chi connectivity index (χ4v) is 3.88. The van der Waals surface area contributed by atoms with Gasteiger partial charge in [0, 0.05) is 25.7 Å². The summed E-state index contributed by atoms with van der Waals surface area (Å²) in [6.45, 7) is 3.13. The van der Waals surface area contributed by atoms with E-state index in [1.807, 2.05) is 0 Å². The van der Waals surface area contributed by atoms with Crippen LogP contribution < -0.4 is 25.2 Å². The number of para-hydroxylation sites is 1.